The number of hydrogen-bond donors (Lipinski definition) is 2. The fraction of sp³-hybridized carbons (Fsp3) is 0.867. The summed E-state index contributed by atoms with van der Waals surface area (Å²) in [5.74, 6) is -0.357. The third-order valence-corrected chi connectivity index (χ3v) is 3.42. The predicted octanol–water partition coefficient (Wildman–Crippen LogP) is 1.42. The second-order valence-corrected chi connectivity index (χ2v) is 6.01. The topological polar surface area (TPSA) is 71.4 Å². The smallest absolute Gasteiger partial charge is 0.265 e. The van der Waals surface area contributed by atoms with Gasteiger partial charge < -0.3 is 25.2 Å². The van der Waals surface area contributed by atoms with Crippen molar-refractivity contribution in [3.63, 3.8) is 0 Å². The van der Waals surface area contributed by atoms with E-state index in [0.29, 0.717) is 6.54 Å². The number of carbonyl (C=O) groups is 1. The van der Waals surface area contributed by atoms with E-state index in [0.717, 1.165) is 51.8 Å². The van der Waals surface area contributed by atoms with E-state index >= 15 is 0 Å². The Morgan fingerprint density at radius 2 is 1.32 bits per heavy atom. The maximum atomic E-state index is 11.0. The van der Waals surface area contributed by atoms with Gasteiger partial charge >= 0.3 is 0 Å². The Balaban J connectivity index is -0.000000735. The molecule has 0 aliphatic heterocycles. The van der Waals surface area contributed by atoms with Crippen molar-refractivity contribution in [2.75, 3.05) is 67.5 Å². The van der Waals surface area contributed by atoms with Gasteiger partial charge in [-0.2, -0.15) is 0 Å². The van der Waals surface area contributed by atoms with Gasteiger partial charge in [0.1, 0.15) is 6.21 Å². The van der Waals surface area contributed by atoms with Gasteiger partial charge in [-0.15, -0.1) is 37.2 Å². The van der Waals surface area contributed by atoms with Crippen LogP contribution in [0.15, 0.2) is 5.16 Å². The maximum Gasteiger partial charge on any atom is 0.265 e. The van der Waals surface area contributed by atoms with Crippen molar-refractivity contribution < 1.29 is 10.0 Å². The molecule has 0 aromatic rings. The lowest BCUT2D eigenvalue weighted by Gasteiger charge is -2.21. The molecule has 0 heterocycles. The minimum Gasteiger partial charge on any atom is -0.411 e. The Morgan fingerprint density at radius 1 is 0.880 bits per heavy atom. The van der Waals surface area contributed by atoms with Crippen molar-refractivity contribution in [1.29, 1.82) is 0 Å². The number of carbonyl (C=O) groups excluding carboxylic acids is 1. The number of nitrogens with zero attached hydrogens (tertiary/aromatic N) is 4. The van der Waals surface area contributed by atoms with Gasteiger partial charge in [-0.25, -0.2) is 0 Å². The van der Waals surface area contributed by atoms with Crippen molar-refractivity contribution in [2.45, 2.75) is 19.3 Å². The summed E-state index contributed by atoms with van der Waals surface area (Å²) in [5.41, 5.74) is 0. The van der Waals surface area contributed by atoms with Crippen molar-refractivity contribution >= 4 is 49.3 Å². The lowest BCUT2D eigenvalue weighted by atomic mass is 10.3. The molecular formula is C15H36Cl3N5O2. The summed E-state index contributed by atoms with van der Waals surface area (Å²) in [6.07, 6.45) is 4.12. The van der Waals surface area contributed by atoms with Crippen molar-refractivity contribution in [3.8, 4) is 0 Å². The van der Waals surface area contributed by atoms with Crippen LogP contribution in [0.2, 0.25) is 0 Å². The first kappa shape index (κ1) is 32.4. The van der Waals surface area contributed by atoms with Crippen molar-refractivity contribution in [2.24, 2.45) is 5.16 Å². The summed E-state index contributed by atoms with van der Waals surface area (Å²) < 4.78 is 0. The van der Waals surface area contributed by atoms with Crippen LogP contribution in [0.4, 0.5) is 0 Å². The van der Waals surface area contributed by atoms with E-state index in [1.807, 2.05) is 0 Å². The largest absolute Gasteiger partial charge is 0.411 e. The van der Waals surface area contributed by atoms with E-state index in [1.165, 1.54) is 6.42 Å². The fourth-order valence-corrected chi connectivity index (χ4v) is 2.15. The molecule has 0 aliphatic rings. The SMILES string of the molecule is CN(C)CCCN(C)CCCN(C)CCCNC(=O)C=NO.Cl.Cl.Cl. The highest BCUT2D eigenvalue weighted by atomic mass is 35.5. The summed E-state index contributed by atoms with van der Waals surface area (Å²) in [5, 5.41) is 13.5. The molecule has 25 heavy (non-hydrogen) atoms. The second-order valence-electron chi connectivity index (χ2n) is 6.01. The van der Waals surface area contributed by atoms with Gasteiger partial charge in [0, 0.05) is 6.54 Å². The van der Waals surface area contributed by atoms with Crippen molar-refractivity contribution in [3.05, 3.63) is 0 Å². The van der Waals surface area contributed by atoms with Gasteiger partial charge in [0.25, 0.3) is 5.91 Å². The number of halogens is 3. The average Bonchev–Trinajstić information content (AvgIpc) is 2.43. The van der Waals surface area contributed by atoms with Crippen LogP contribution in [0.5, 0.6) is 0 Å². The number of oxime groups is 1. The molecule has 2 N–H and O–H groups in total. The highest BCUT2D eigenvalue weighted by Gasteiger charge is 2.02. The van der Waals surface area contributed by atoms with E-state index in [1.54, 1.807) is 0 Å². The van der Waals surface area contributed by atoms with Gasteiger partial charge in [-0.05, 0) is 80.2 Å². The molecule has 0 rings (SSSR count). The molecule has 1 amide bonds. The molecule has 10 heteroatoms. The Kier molecular flexibility index (Phi) is 28.1. The van der Waals surface area contributed by atoms with Gasteiger partial charge in [0.2, 0.25) is 0 Å². The molecule has 0 saturated heterocycles. The number of nitrogens with one attached hydrogen (secondary N) is 1. The fourth-order valence-electron chi connectivity index (χ4n) is 2.15. The minimum absolute atomic E-state index is 0. The van der Waals surface area contributed by atoms with E-state index in [2.05, 4.69) is 53.4 Å². The van der Waals surface area contributed by atoms with Crippen LogP contribution in [-0.4, -0.2) is 99.5 Å². The monoisotopic (exact) mass is 423 g/mol. The van der Waals surface area contributed by atoms with Crippen LogP contribution in [0.1, 0.15) is 19.3 Å². The minimum atomic E-state index is -0.357. The predicted molar refractivity (Wildman–Crippen MR) is 112 cm³/mol. The molecule has 0 aromatic carbocycles. The zero-order valence-corrected chi connectivity index (χ0v) is 18.3. The molecule has 7 nitrogen and oxygen atoms in total. The van der Waals surface area contributed by atoms with Crippen molar-refractivity contribution in [1.82, 2.24) is 20.0 Å². The average molecular weight is 425 g/mol. The molecule has 0 bridgehead atoms. The third-order valence-electron chi connectivity index (χ3n) is 3.42. The van der Waals surface area contributed by atoms with Crippen LogP contribution in [0.25, 0.3) is 0 Å². The van der Waals surface area contributed by atoms with E-state index < -0.39 is 0 Å². The first-order chi connectivity index (χ1) is 10.5. The van der Waals surface area contributed by atoms with E-state index in [4.69, 9.17) is 5.21 Å². The third kappa shape index (κ3) is 23.7. The Labute approximate surface area is 171 Å². The summed E-state index contributed by atoms with van der Waals surface area (Å²) in [6, 6.07) is 0. The van der Waals surface area contributed by atoms with Crippen LogP contribution in [-0.2, 0) is 4.79 Å². The van der Waals surface area contributed by atoms with E-state index in [-0.39, 0.29) is 43.1 Å². The maximum absolute atomic E-state index is 11.0. The molecule has 0 fully saturated rings. The number of amides is 1. The molecule has 0 aliphatic carbocycles. The molecule has 0 unspecified atom stereocenters. The summed E-state index contributed by atoms with van der Waals surface area (Å²) in [7, 11) is 8.49. The van der Waals surface area contributed by atoms with Gasteiger partial charge in [-0.1, -0.05) is 5.16 Å². The summed E-state index contributed by atoms with van der Waals surface area (Å²) >= 11 is 0. The Bertz CT molecular complexity index is 324. The van der Waals surface area contributed by atoms with Crippen LogP contribution in [0.3, 0.4) is 0 Å². The molecule has 0 spiro atoms. The first-order valence-corrected chi connectivity index (χ1v) is 7.92. The number of hydrogen-bond acceptors (Lipinski definition) is 6. The molecular weight excluding hydrogens is 389 g/mol. The second kappa shape index (κ2) is 21.7. The Hall–Kier alpha value is -0.310. The molecule has 0 saturated carbocycles. The lowest BCUT2D eigenvalue weighted by molar-refractivity contribution is -0.114. The highest BCUT2D eigenvalue weighted by Crippen LogP contribution is 1.95. The molecule has 0 atom stereocenters. The normalized spacial score (nSPS) is 10.5. The Morgan fingerprint density at radius 3 is 1.76 bits per heavy atom. The van der Waals surface area contributed by atoms with Gasteiger partial charge in [-0.3, -0.25) is 4.79 Å². The zero-order valence-electron chi connectivity index (χ0n) is 15.8. The quantitative estimate of drug-likeness (QED) is 0.202. The molecule has 0 aromatic heterocycles. The first-order valence-electron chi connectivity index (χ1n) is 7.92. The number of rotatable bonds is 13. The zero-order chi connectivity index (χ0) is 16.8. The van der Waals surface area contributed by atoms with Crippen LogP contribution < -0.4 is 5.32 Å². The highest BCUT2D eigenvalue weighted by molar-refractivity contribution is 6.25. The van der Waals surface area contributed by atoms with Crippen LogP contribution in [0, 0.1) is 0 Å². The molecule has 154 valence electrons. The molecule has 0 radical (unpaired) electrons. The van der Waals surface area contributed by atoms with Gasteiger partial charge in [0.05, 0.1) is 0 Å². The van der Waals surface area contributed by atoms with Gasteiger partial charge in [0.15, 0.2) is 0 Å². The lowest BCUT2D eigenvalue weighted by Crippen LogP contribution is -2.30. The van der Waals surface area contributed by atoms with E-state index in [9.17, 15) is 4.79 Å². The summed E-state index contributed by atoms with van der Waals surface area (Å²) in [4.78, 5) is 17.9. The summed E-state index contributed by atoms with van der Waals surface area (Å²) in [6.45, 7) is 5.99. The standard InChI is InChI=1S/C15H33N5O2.3ClH/c1-18(2)9-6-11-20(4)13-7-12-19(3)10-5-8-16-15(21)14-17-22;;;/h14,22H,5-13H2,1-4H3,(H,16,21);3*1H. The van der Waals surface area contributed by atoms with Crippen LogP contribution >= 0.6 is 37.2 Å².